The lowest BCUT2D eigenvalue weighted by molar-refractivity contribution is 0.104. The van der Waals surface area contributed by atoms with Gasteiger partial charge in [-0.2, -0.15) is 0 Å². The molecular formula is C23H18ClNO3S. The number of sulfone groups is 1. The van der Waals surface area contributed by atoms with Crippen molar-refractivity contribution in [1.82, 2.24) is 0 Å². The first kappa shape index (κ1) is 19.4. The van der Waals surface area contributed by atoms with E-state index in [1.54, 1.807) is 60.4 Å². The van der Waals surface area contributed by atoms with Gasteiger partial charge < -0.3 is 4.90 Å². The molecule has 0 aliphatic carbocycles. The molecule has 1 aliphatic rings. The number of para-hydroxylation sites is 1. The number of ketones is 1. The number of benzene rings is 3. The summed E-state index contributed by atoms with van der Waals surface area (Å²) in [5.41, 5.74) is 3.26. The molecule has 0 fully saturated rings. The van der Waals surface area contributed by atoms with Crippen molar-refractivity contribution >= 4 is 38.6 Å². The van der Waals surface area contributed by atoms with Crippen LogP contribution < -0.4 is 4.90 Å². The third kappa shape index (κ3) is 3.37. The Kier molecular flexibility index (Phi) is 4.81. The highest BCUT2D eigenvalue weighted by molar-refractivity contribution is 7.96. The Balaban J connectivity index is 1.94. The number of hydrogen-bond donors (Lipinski definition) is 0. The minimum absolute atomic E-state index is 0.0931. The summed E-state index contributed by atoms with van der Waals surface area (Å²) in [4.78, 5) is 14.8. The predicted octanol–water partition coefficient (Wildman–Crippen LogP) is 5.61. The van der Waals surface area contributed by atoms with Gasteiger partial charge in [0.25, 0.3) is 0 Å². The standard InChI is InChI=1S/C23H18ClNO3S/c1-15-10-11-19(16(2)12-15)23(26)22-14-25(18-7-5-6-17(24)13-18)20-8-3-4-9-21(20)29(22,27)28/h3-14H,1-2H3. The van der Waals surface area contributed by atoms with Gasteiger partial charge >= 0.3 is 0 Å². The normalized spacial score (nSPS) is 14.9. The highest BCUT2D eigenvalue weighted by Crippen LogP contribution is 2.40. The molecule has 0 saturated heterocycles. The summed E-state index contributed by atoms with van der Waals surface area (Å²) < 4.78 is 26.6. The van der Waals surface area contributed by atoms with E-state index in [2.05, 4.69) is 0 Å². The monoisotopic (exact) mass is 423 g/mol. The number of carbonyl (C=O) groups is 1. The molecule has 3 aromatic rings. The lowest BCUT2D eigenvalue weighted by Gasteiger charge is -2.29. The quantitative estimate of drug-likeness (QED) is 0.514. The molecule has 4 nitrogen and oxygen atoms in total. The van der Waals surface area contributed by atoms with Crippen LogP contribution in [0.1, 0.15) is 21.5 Å². The number of aryl methyl sites for hydroxylation is 2. The van der Waals surface area contributed by atoms with Gasteiger partial charge in [0.2, 0.25) is 15.6 Å². The molecule has 0 saturated carbocycles. The number of fused-ring (bicyclic) bond motifs is 1. The van der Waals surface area contributed by atoms with Crippen LogP contribution in [0.5, 0.6) is 0 Å². The van der Waals surface area contributed by atoms with Crippen LogP contribution >= 0.6 is 11.6 Å². The van der Waals surface area contributed by atoms with Crippen molar-refractivity contribution in [3.8, 4) is 0 Å². The van der Waals surface area contributed by atoms with E-state index in [0.29, 0.717) is 22.0 Å². The Bertz CT molecular complexity index is 1280. The van der Waals surface area contributed by atoms with Crippen LogP contribution in [-0.2, 0) is 9.84 Å². The molecule has 0 amide bonds. The Hall–Kier alpha value is -2.89. The van der Waals surface area contributed by atoms with Crippen molar-refractivity contribution < 1.29 is 13.2 Å². The molecule has 4 rings (SSSR count). The van der Waals surface area contributed by atoms with Gasteiger partial charge in [-0.25, -0.2) is 8.42 Å². The van der Waals surface area contributed by atoms with Gasteiger partial charge in [-0.3, -0.25) is 4.79 Å². The SMILES string of the molecule is Cc1ccc(C(=O)C2=CN(c3cccc(Cl)c3)c3ccccc3S2(=O)=O)c(C)c1. The highest BCUT2D eigenvalue weighted by Gasteiger charge is 2.36. The first-order chi connectivity index (χ1) is 13.8. The third-order valence-electron chi connectivity index (χ3n) is 4.89. The van der Waals surface area contributed by atoms with E-state index in [9.17, 15) is 13.2 Å². The fourth-order valence-electron chi connectivity index (χ4n) is 3.48. The fraction of sp³-hybridized carbons (Fsp3) is 0.0870. The smallest absolute Gasteiger partial charge is 0.214 e. The first-order valence-corrected chi connectivity index (χ1v) is 10.9. The number of nitrogens with zero attached hydrogens (tertiary/aromatic N) is 1. The zero-order valence-electron chi connectivity index (χ0n) is 15.9. The van der Waals surface area contributed by atoms with Crippen molar-refractivity contribution in [3.63, 3.8) is 0 Å². The van der Waals surface area contributed by atoms with Crippen LogP contribution in [0.3, 0.4) is 0 Å². The largest absolute Gasteiger partial charge is 0.314 e. The summed E-state index contributed by atoms with van der Waals surface area (Å²) >= 11 is 6.15. The van der Waals surface area contributed by atoms with Crippen LogP contribution in [-0.4, -0.2) is 14.2 Å². The number of Topliss-reactive ketones (excluding diaryl/α,β-unsaturated/α-hetero) is 1. The Morgan fingerprint density at radius 1 is 0.931 bits per heavy atom. The van der Waals surface area contributed by atoms with Gasteiger partial charge in [0.15, 0.2) is 0 Å². The zero-order chi connectivity index (χ0) is 20.8. The van der Waals surface area contributed by atoms with Crippen molar-refractivity contribution in [2.24, 2.45) is 0 Å². The van der Waals surface area contributed by atoms with E-state index >= 15 is 0 Å². The van der Waals surface area contributed by atoms with E-state index in [-0.39, 0.29) is 9.80 Å². The average Bonchev–Trinajstić information content (AvgIpc) is 2.68. The molecule has 0 radical (unpaired) electrons. The molecule has 1 aliphatic heterocycles. The molecule has 0 spiro atoms. The summed E-state index contributed by atoms with van der Waals surface area (Å²) in [7, 11) is -3.97. The lowest BCUT2D eigenvalue weighted by atomic mass is 10.0. The molecule has 29 heavy (non-hydrogen) atoms. The molecule has 3 aromatic carbocycles. The molecule has 0 bridgehead atoms. The molecule has 0 aromatic heterocycles. The highest BCUT2D eigenvalue weighted by atomic mass is 35.5. The van der Waals surface area contributed by atoms with Crippen molar-refractivity contribution in [2.45, 2.75) is 18.7 Å². The van der Waals surface area contributed by atoms with E-state index in [1.807, 2.05) is 19.1 Å². The van der Waals surface area contributed by atoms with Crippen LogP contribution in [0.15, 0.2) is 82.7 Å². The molecule has 0 atom stereocenters. The topological polar surface area (TPSA) is 54.5 Å². The number of carbonyl (C=O) groups excluding carboxylic acids is 1. The van der Waals surface area contributed by atoms with Crippen molar-refractivity contribution in [3.05, 3.63) is 99.5 Å². The molecular weight excluding hydrogens is 406 g/mol. The number of allylic oxidation sites excluding steroid dienone is 1. The van der Waals surface area contributed by atoms with E-state index in [0.717, 1.165) is 11.1 Å². The number of anilines is 2. The summed E-state index contributed by atoms with van der Waals surface area (Å²) in [6.07, 6.45) is 1.39. The van der Waals surface area contributed by atoms with Gasteiger partial charge in [0, 0.05) is 22.5 Å². The molecule has 1 heterocycles. The second-order valence-electron chi connectivity index (χ2n) is 6.96. The van der Waals surface area contributed by atoms with E-state index in [4.69, 9.17) is 11.6 Å². The first-order valence-electron chi connectivity index (χ1n) is 9.02. The summed E-state index contributed by atoms with van der Waals surface area (Å²) in [6.45, 7) is 3.73. The molecule has 0 unspecified atom stereocenters. The van der Waals surface area contributed by atoms with Gasteiger partial charge in [0.05, 0.1) is 10.6 Å². The second-order valence-corrected chi connectivity index (χ2v) is 9.28. The maximum absolute atomic E-state index is 13.3. The van der Waals surface area contributed by atoms with E-state index < -0.39 is 15.6 Å². The third-order valence-corrected chi connectivity index (χ3v) is 6.92. The maximum atomic E-state index is 13.3. The molecule has 0 N–H and O–H groups in total. The lowest BCUT2D eigenvalue weighted by Crippen LogP contribution is -2.26. The fourth-order valence-corrected chi connectivity index (χ4v) is 5.20. The number of hydrogen-bond acceptors (Lipinski definition) is 4. The van der Waals surface area contributed by atoms with Crippen LogP contribution in [0.2, 0.25) is 5.02 Å². The van der Waals surface area contributed by atoms with Gasteiger partial charge in [-0.05, 0) is 49.7 Å². The molecule has 146 valence electrons. The Morgan fingerprint density at radius 3 is 2.41 bits per heavy atom. The van der Waals surface area contributed by atoms with Gasteiger partial charge in [-0.15, -0.1) is 0 Å². The van der Waals surface area contributed by atoms with Crippen molar-refractivity contribution in [1.29, 1.82) is 0 Å². The van der Waals surface area contributed by atoms with Gasteiger partial charge in [0.1, 0.15) is 4.91 Å². The van der Waals surface area contributed by atoms with Crippen LogP contribution in [0.25, 0.3) is 0 Å². The summed E-state index contributed by atoms with van der Waals surface area (Å²) in [5.74, 6) is -0.524. The van der Waals surface area contributed by atoms with Crippen LogP contribution in [0, 0.1) is 13.8 Å². The summed E-state index contributed by atoms with van der Waals surface area (Å²) in [6, 6.07) is 19.0. The number of halogens is 1. The Labute approximate surface area is 175 Å². The van der Waals surface area contributed by atoms with Crippen molar-refractivity contribution in [2.75, 3.05) is 4.90 Å². The molecule has 6 heteroatoms. The minimum Gasteiger partial charge on any atom is -0.314 e. The maximum Gasteiger partial charge on any atom is 0.214 e. The minimum atomic E-state index is -3.97. The average molecular weight is 424 g/mol. The number of rotatable bonds is 3. The predicted molar refractivity (Wildman–Crippen MR) is 116 cm³/mol. The zero-order valence-corrected chi connectivity index (χ0v) is 17.5. The van der Waals surface area contributed by atoms with Crippen LogP contribution in [0.4, 0.5) is 11.4 Å². The second kappa shape index (κ2) is 7.17. The summed E-state index contributed by atoms with van der Waals surface area (Å²) in [5, 5.41) is 0.518. The van der Waals surface area contributed by atoms with E-state index in [1.165, 1.54) is 12.3 Å². The van der Waals surface area contributed by atoms with Gasteiger partial charge in [-0.1, -0.05) is 53.6 Å². The Morgan fingerprint density at radius 2 is 1.69 bits per heavy atom.